The second-order valence-electron chi connectivity index (χ2n) is 4.14. The van der Waals surface area contributed by atoms with E-state index in [9.17, 15) is 0 Å². The Bertz CT molecular complexity index is 358. The van der Waals surface area contributed by atoms with E-state index in [1.54, 1.807) is 7.11 Å². The van der Waals surface area contributed by atoms with Crippen LogP contribution in [0.4, 0.5) is 0 Å². The molecule has 2 nitrogen and oxygen atoms in total. The van der Waals surface area contributed by atoms with Crippen LogP contribution in [0, 0.1) is 0 Å². The van der Waals surface area contributed by atoms with E-state index in [2.05, 4.69) is 48.6 Å². The van der Waals surface area contributed by atoms with E-state index in [0.717, 1.165) is 18.6 Å². The Morgan fingerprint density at radius 3 is 2.69 bits per heavy atom. The van der Waals surface area contributed by atoms with Crippen molar-refractivity contribution in [1.82, 2.24) is 5.32 Å². The zero-order valence-corrected chi connectivity index (χ0v) is 9.94. The Balaban J connectivity index is 2.14. The number of hydrogen-bond acceptors (Lipinski definition) is 2. The number of nitrogens with one attached hydrogen (secondary N) is 1. The van der Waals surface area contributed by atoms with Crippen molar-refractivity contribution in [3.63, 3.8) is 0 Å². The quantitative estimate of drug-likeness (QED) is 0.840. The summed E-state index contributed by atoms with van der Waals surface area (Å²) in [7, 11) is 1.75. The molecular formula is C14H19NO. The van der Waals surface area contributed by atoms with Gasteiger partial charge < -0.3 is 10.1 Å². The van der Waals surface area contributed by atoms with Gasteiger partial charge >= 0.3 is 0 Å². The largest absolute Gasteiger partial charge is 0.500 e. The Kier molecular flexibility index (Phi) is 3.62. The average Bonchev–Trinajstić information content (AvgIpc) is 2.39. The molecule has 0 radical (unpaired) electrons. The van der Waals surface area contributed by atoms with E-state index >= 15 is 0 Å². The fraction of sp³-hybridized carbons (Fsp3) is 0.429. The van der Waals surface area contributed by atoms with Gasteiger partial charge in [0.2, 0.25) is 0 Å². The normalized spacial score (nSPS) is 25.0. The van der Waals surface area contributed by atoms with Crippen LogP contribution in [0.15, 0.2) is 42.2 Å². The van der Waals surface area contributed by atoms with Crippen LogP contribution < -0.4 is 5.32 Å². The van der Waals surface area contributed by atoms with E-state index in [4.69, 9.17) is 4.74 Å². The maximum absolute atomic E-state index is 5.38. The molecule has 1 aromatic rings. The predicted octanol–water partition coefficient (Wildman–Crippen LogP) is 3.03. The van der Waals surface area contributed by atoms with Gasteiger partial charge in [-0.15, -0.1) is 0 Å². The summed E-state index contributed by atoms with van der Waals surface area (Å²) < 4.78 is 5.38. The Labute approximate surface area is 97.3 Å². The third-order valence-corrected chi connectivity index (χ3v) is 3.15. The Morgan fingerprint density at radius 2 is 2.06 bits per heavy atom. The molecule has 0 aliphatic carbocycles. The highest BCUT2D eigenvalue weighted by atomic mass is 16.5. The summed E-state index contributed by atoms with van der Waals surface area (Å²) >= 11 is 0. The van der Waals surface area contributed by atoms with Gasteiger partial charge in [0.05, 0.1) is 13.2 Å². The van der Waals surface area contributed by atoms with Crippen LogP contribution in [0.5, 0.6) is 0 Å². The van der Waals surface area contributed by atoms with Crippen LogP contribution in [-0.4, -0.2) is 13.2 Å². The maximum Gasteiger partial charge on any atom is 0.109 e. The van der Waals surface area contributed by atoms with Crippen molar-refractivity contribution in [3.8, 4) is 0 Å². The molecule has 0 fully saturated rings. The van der Waals surface area contributed by atoms with Crippen LogP contribution >= 0.6 is 0 Å². The molecule has 0 aromatic heterocycles. The molecule has 86 valence electrons. The van der Waals surface area contributed by atoms with Crippen molar-refractivity contribution >= 4 is 0 Å². The van der Waals surface area contributed by atoms with Gasteiger partial charge in [-0.25, -0.2) is 0 Å². The molecule has 2 rings (SSSR count). The molecule has 1 N–H and O–H groups in total. The molecule has 1 heterocycles. The number of rotatable bonds is 3. The average molecular weight is 217 g/mol. The van der Waals surface area contributed by atoms with E-state index < -0.39 is 0 Å². The minimum absolute atomic E-state index is 0.351. The van der Waals surface area contributed by atoms with Crippen LogP contribution in [0.1, 0.15) is 31.4 Å². The first kappa shape index (κ1) is 11.2. The van der Waals surface area contributed by atoms with Crippen molar-refractivity contribution in [1.29, 1.82) is 0 Å². The molecule has 0 unspecified atom stereocenters. The van der Waals surface area contributed by atoms with E-state index in [1.165, 1.54) is 5.56 Å². The second-order valence-corrected chi connectivity index (χ2v) is 4.14. The molecular weight excluding hydrogens is 198 g/mol. The van der Waals surface area contributed by atoms with Gasteiger partial charge in [0.15, 0.2) is 0 Å². The van der Waals surface area contributed by atoms with Gasteiger partial charge in [0, 0.05) is 6.04 Å². The highest BCUT2D eigenvalue weighted by Gasteiger charge is 2.23. The lowest BCUT2D eigenvalue weighted by Gasteiger charge is -2.30. The number of hydrogen-bond donors (Lipinski definition) is 1. The van der Waals surface area contributed by atoms with E-state index in [1.807, 2.05) is 0 Å². The molecule has 2 atom stereocenters. The topological polar surface area (TPSA) is 21.3 Å². The summed E-state index contributed by atoms with van der Waals surface area (Å²) in [6, 6.07) is 11.4. The number of methoxy groups -OCH3 is 1. The third-order valence-electron chi connectivity index (χ3n) is 3.15. The summed E-state index contributed by atoms with van der Waals surface area (Å²) in [4.78, 5) is 0. The SMILES string of the molecule is CC[C@@H]1N[C@H](c2ccccc2)CC=C1OC. The second kappa shape index (κ2) is 5.17. The highest BCUT2D eigenvalue weighted by Crippen LogP contribution is 2.26. The lowest BCUT2D eigenvalue weighted by molar-refractivity contribution is 0.226. The van der Waals surface area contributed by atoms with Crippen LogP contribution in [0.2, 0.25) is 0 Å². The Hall–Kier alpha value is -1.28. The van der Waals surface area contributed by atoms with Crippen molar-refractivity contribution < 1.29 is 4.74 Å². The molecule has 0 bridgehead atoms. The van der Waals surface area contributed by atoms with Gasteiger partial charge in [-0.05, 0) is 24.5 Å². The summed E-state index contributed by atoms with van der Waals surface area (Å²) in [5, 5.41) is 3.63. The number of benzene rings is 1. The maximum atomic E-state index is 5.38. The fourth-order valence-electron chi connectivity index (χ4n) is 2.23. The molecule has 0 saturated carbocycles. The summed E-state index contributed by atoms with van der Waals surface area (Å²) in [6.45, 7) is 2.18. The number of ether oxygens (including phenoxy) is 1. The lowest BCUT2D eigenvalue weighted by atomic mass is 9.96. The highest BCUT2D eigenvalue weighted by molar-refractivity contribution is 5.23. The minimum Gasteiger partial charge on any atom is -0.500 e. The predicted molar refractivity (Wildman–Crippen MR) is 66.1 cm³/mol. The van der Waals surface area contributed by atoms with Gasteiger partial charge in [0.1, 0.15) is 5.76 Å². The van der Waals surface area contributed by atoms with Gasteiger partial charge in [-0.3, -0.25) is 0 Å². The zero-order chi connectivity index (χ0) is 11.4. The smallest absolute Gasteiger partial charge is 0.109 e. The summed E-state index contributed by atoms with van der Waals surface area (Å²) in [5.41, 5.74) is 1.35. The van der Waals surface area contributed by atoms with Crippen molar-refractivity contribution in [2.75, 3.05) is 7.11 Å². The van der Waals surface area contributed by atoms with Gasteiger partial charge in [0.25, 0.3) is 0 Å². The lowest BCUT2D eigenvalue weighted by Crippen LogP contribution is -2.37. The Morgan fingerprint density at radius 1 is 1.31 bits per heavy atom. The first-order valence-corrected chi connectivity index (χ1v) is 5.90. The van der Waals surface area contributed by atoms with E-state index in [0.29, 0.717) is 12.1 Å². The molecule has 16 heavy (non-hydrogen) atoms. The first-order chi connectivity index (χ1) is 7.85. The van der Waals surface area contributed by atoms with Crippen LogP contribution in [-0.2, 0) is 4.74 Å². The zero-order valence-electron chi connectivity index (χ0n) is 9.94. The van der Waals surface area contributed by atoms with Crippen molar-refractivity contribution in [3.05, 3.63) is 47.7 Å². The standard InChI is InChI=1S/C14H19NO/c1-3-12-14(16-2)10-9-13(15-12)11-7-5-4-6-8-11/h4-8,10,12-13,15H,3,9H2,1-2H3/t12-,13-/m0/s1. The van der Waals surface area contributed by atoms with Gasteiger partial charge in [-0.2, -0.15) is 0 Å². The third kappa shape index (κ3) is 2.27. The van der Waals surface area contributed by atoms with E-state index in [-0.39, 0.29) is 0 Å². The molecule has 0 saturated heterocycles. The van der Waals surface area contributed by atoms with Crippen molar-refractivity contribution in [2.24, 2.45) is 0 Å². The fourth-order valence-corrected chi connectivity index (χ4v) is 2.23. The van der Waals surface area contributed by atoms with Crippen LogP contribution in [0.25, 0.3) is 0 Å². The summed E-state index contributed by atoms with van der Waals surface area (Å²) in [5.74, 6) is 1.08. The molecule has 1 aliphatic heterocycles. The first-order valence-electron chi connectivity index (χ1n) is 5.90. The van der Waals surface area contributed by atoms with Crippen LogP contribution in [0.3, 0.4) is 0 Å². The molecule has 0 spiro atoms. The molecule has 1 aliphatic rings. The summed E-state index contributed by atoms with van der Waals surface area (Å²) in [6.07, 6.45) is 4.27. The van der Waals surface area contributed by atoms with Crippen molar-refractivity contribution in [2.45, 2.75) is 31.8 Å². The van der Waals surface area contributed by atoms with Gasteiger partial charge in [-0.1, -0.05) is 37.3 Å². The molecule has 1 aromatic carbocycles. The molecule has 2 heteroatoms. The monoisotopic (exact) mass is 217 g/mol. The minimum atomic E-state index is 0.351. The molecule has 0 amide bonds.